The lowest BCUT2D eigenvalue weighted by Crippen LogP contribution is -2.41. The van der Waals surface area contributed by atoms with Gasteiger partial charge in [-0.1, -0.05) is 42.1 Å². The van der Waals surface area contributed by atoms with Crippen LogP contribution in [0, 0.1) is 0 Å². The van der Waals surface area contributed by atoms with Crippen molar-refractivity contribution in [3.05, 3.63) is 60.2 Å². The van der Waals surface area contributed by atoms with Crippen molar-refractivity contribution in [2.75, 3.05) is 12.4 Å². The molecule has 1 saturated heterocycles. The van der Waals surface area contributed by atoms with E-state index < -0.39 is 5.25 Å². The Kier molecular flexibility index (Phi) is 6.22. The highest BCUT2D eigenvalue weighted by Gasteiger charge is 2.30. The van der Waals surface area contributed by atoms with Crippen molar-refractivity contribution in [3.8, 4) is 5.75 Å². The SMILES string of the molecule is COc1ccc(NC(=O)[C@@H]2CC(=O)NC(=N/N=C\c3ccccc3)S2)cc1. The number of amides is 2. The molecule has 2 aromatic carbocycles. The number of hydrogen-bond donors (Lipinski definition) is 2. The van der Waals surface area contributed by atoms with Crippen LogP contribution in [0.2, 0.25) is 0 Å². The molecule has 1 atom stereocenters. The Balaban J connectivity index is 1.63. The first-order chi connectivity index (χ1) is 13.1. The Morgan fingerprint density at radius 3 is 2.67 bits per heavy atom. The summed E-state index contributed by atoms with van der Waals surface area (Å²) in [5.41, 5.74) is 1.52. The van der Waals surface area contributed by atoms with E-state index in [4.69, 9.17) is 4.74 Å². The second-order valence-corrected chi connectivity index (χ2v) is 6.83. The number of carbonyl (C=O) groups is 2. The molecule has 2 amide bonds. The van der Waals surface area contributed by atoms with Crippen LogP contribution in [0.1, 0.15) is 12.0 Å². The molecule has 3 rings (SSSR count). The fourth-order valence-corrected chi connectivity index (χ4v) is 3.26. The van der Waals surface area contributed by atoms with Crippen molar-refractivity contribution in [2.24, 2.45) is 10.2 Å². The molecule has 7 nitrogen and oxygen atoms in total. The van der Waals surface area contributed by atoms with Gasteiger partial charge in [-0.2, -0.15) is 5.10 Å². The first-order valence-electron chi connectivity index (χ1n) is 8.21. The lowest BCUT2D eigenvalue weighted by atomic mass is 10.2. The van der Waals surface area contributed by atoms with Gasteiger partial charge in [-0.3, -0.25) is 9.59 Å². The number of hydrogen-bond acceptors (Lipinski definition) is 6. The number of amidine groups is 1. The van der Waals surface area contributed by atoms with Gasteiger partial charge in [0.2, 0.25) is 11.8 Å². The smallest absolute Gasteiger partial charge is 0.238 e. The molecular weight excluding hydrogens is 364 g/mol. The minimum atomic E-state index is -0.577. The highest BCUT2D eigenvalue weighted by molar-refractivity contribution is 8.15. The van der Waals surface area contributed by atoms with E-state index in [1.165, 1.54) is 11.8 Å². The molecule has 8 heteroatoms. The highest BCUT2D eigenvalue weighted by atomic mass is 32.2. The number of nitrogens with one attached hydrogen (secondary N) is 2. The van der Waals surface area contributed by atoms with Crippen LogP contribution >= 0.6 is 11.8 Å². The minimum absolute atomic E-state index is 0.0775. The quantitative estimate of drug-likeness (QED) is 0.614. The molecule has 27 heavy (non-hydrogen) atoms. The molecule has 1 aliphatic rings. The fraction of sp³-hybridized carbons (Fsp3) is 0.158. The van der Waals surface area contributed by atoms with E-state index in [2.05, 4.69) is 20.8 Å². The summed E-state index contributed by atoms with van der Waals surface area (Å²) in [5, 5.41) is 13.1. The van der Waals surface area contributed by atoms with Gasteiger partial charge >= 0.3 is 0 Å². The molecule has 0 spiro atoms. The lowest BCUT2D eigenvalue weighted by molar-refractivity contribution is -0.123. The lowest BCUT2D eigenvalue weighted by Gasteiger charge is -2.21. The van der Waals surface area contributed by atoms with E-state index in [1.807, 2.05) is 30.3 Å². The van der Waals surface area contributed by atoms with Crippen molar-refractivity contribution >= 4 is 40.6 Å². The highest BCUT2D eigenvalue weighted by Crippen LogP contribution is 2.23. The van der Waals surface area contributed by atoms with Crippen molar-refractivity contribution in [2.45, 2.75) is 11.7 Å². The zero-order valence-corrected chi connectivity index (χ0v) is 15.4. The Morgan fingerprint density at radius 1 is 1.22 bits per heavy atom. The van der Waals surface area contributed by atoms with Gasteiger partial charge in [0.1, 0.15) is 11.0 Å². The maximum absolute atomic E-state index is 12.5. The van der Waals surface area contributed by atoms with Gasteiger partial charge in [0.05, 0.1) is 13.3 Å². The summed E-state index contributed by atoms with van der Waals surface area (Å²) in [7, 11) is 1.58. The van der Waals surface area contributed by atoms with Crippen LogP contribution in [-0.4, -0.2) is 35.6 Å². The molecule has 1 heterocycles. The van der Waals surface area contributed by atoms with Crippen LogP contribution in [0.5, 0.6) is 5.75 Å². The fourth-order valence-electron chi connectivity index (χ4n) is 2.32. The Bertz CT molecular complexity index is 866. The topological polar surface area (TPSA) is 92.1 Å². The van der Waals surface area contributed by atoms with Crippen LogP contribution in [-0.2, 0) is 9.59 Å². The van der Waals surface area contributed by atoms with E-state index in [1.54, 1.807) is 37.6 Å². The van der Waals surface area contributed by atoms with Crippen molar-refractivity contribution in [1.82, 2.24) is 5.32 Å². The first-order valence-corrected chi connectivity index (χ1v) is 9.09. The maximum atomic E-state index is 12.5. The normalized spacial score (nSPS) is 18.3. The number of anilines is 1. The number of carbonyl (C=O) groups excluding carboxylic acids is 2. The number of rotatable bonds is 5. The third kappa shape index (κ3) is 5.42. The average molecular weight is 382 g/mol. The predicted octanol–water partition coefficient (Wildman–Crippen LogP) is 2.65. The maximum Gasteiger partial charge on any atom is 0.238 e. The van der Waals surface area contributed by atoms with E-state index in [9.17, 15) is 9.59 Å². The largest absolute Gasteiger partial charge is 0.497 e. The van der Waals surface area contributed by atoms with E-state index in [-0.39, 0.29) is 18.2 Å². The summed E-state index contributed by atoms with van der Waals surface area (Å²) in [4.78, 5) is 24.4. The summed E-state index contributed by atoms with van der Waals surface area (Å²) < 4.78 is 5.09. The van der Waals surface area contributed by atoms with E-state index in [0.717, 1.165) is 5.56 Å². The van der Waals surface area contributed by atoms with Gasteiger partial charge in [0.25, 0.3) is 0 Å². The zero-order chi connectivity index (χ0) is 19.1. The van der Waals surface area contributed by atoms with Crippen LogP contribution < -0.4 is 15.4 Å². The Labute approximate surface area is 160 Å². The number of ether oxygens (including phenoxy) is 1. The van der Waals surface area contributed by atoms with Crippen LogP contribution in [0.15, 0.2) is 64.8 Å². The van der Waals surface area contributed by atoms with Crippen molar-refractivity contribution in [1.29, 1.82) is 0 Å². The standard InChI is InChI=1S/C19H18N4O3S/c1-26-15-9-7-14(8-10-15)21-18(25)16-11-17(24)22-19(27-16)23-20-12-13-5-3-2-4-6-13/h2-10,12,16H,11H2,1H3,(H,21,25)(H,22,23,24)/b20-12-/t16-/m0/s1. The predicted molar refractivity (Wildman–Crippen MR) is 107 cm³/mol. The van der Waals surface area contributed by atoms with Gasteiger partial charge in [0.15, 0.2) is 5.17 Å². The molecule has 2 N–H and O–H groups in total. The molecule has 2 aromatic rings. The molecule has 0 bridgehead atoms. The van der Waals surface area contributed by atoms with Gasteiger partial charge in [-0.15, -0.1) is 5.10 Å². The second kappa shape index (κ2) is 9.00. The van der Waals surface area contributed by atoms with Crippen molar-refractivity contribution in [3.63, 3.8) is 0 Å². The summed E-state index contributed by atoms with van der Waals surface area (Å²) in [6, 6.07) is 16.5. The van der Waals surface area contributed by atoms with E-state index >= 15 is 0 Å². The Morgan fingerprint density at radius 2 is 1.96 bits per heavy atom. The molecule has 1 fully saturated rings. The van der Waals surface area contributed by atoms with Gasteiger partial charge in [0, 0.05) is 12.1 Å². The molecule has 0 radical (unpaired) electrons. The number of nitrogens with zero attached hydrogens (tertiary/aromatic N) is 2. The molecule has 138 valence electrons. The van der Waals surface area contributed by atoms with Crippen LogP contribution in [0.3, 0.4) is 0 Å². The van der Waals surface area contributed by atoms with Crippen LogP contribution in [0.4, 0.5) is 5.69 Å². The summed E-state index contributed by atoms with van der Waals surface area (Å²) in [6.07, 6.45) is 1.66. The number of methoxy groups -OCH3 is 1. The molecule has 0 saturated carbocycles. The third-order valence-corrected chi connectivity index (χ3v) is 4.75. The average Bonchev–Trinajstić information content (AvgIpc) is 2.69. The van der Waals surface area contributed by atoms with Gasteiger partial charge in [-0.05, 0) is 29.8 Å². The second-order valence-electron chi connectivity index (χ2n) is 5.64. The van der Waals surface area contributed by atoms with Crippen molar-refractivity contribution < 1.29 is 14.3 Å². The monoisotopic (exact) mass is 382 g/mol. The minimum Gasteiger partial charge on any atom is -0.497 e. The molecule has 0 aliphatic carbocycles. The number of thioether (sulfide) groups is 1. The Hall–Kier alpha value is -3.13. The molecule has 0 unspecified atom stereocenters. The summed E-state index contributed by atoms with van der Waals surface area (Å²) in [6.45, 7) is 0. The third-order valence-electron chi connectivity index (χ3n) is 3.68. The van der Waals surface area contributed by atoms with Gasteiger partial charge in [-0.25, -0.2) is 0 Å². The van der Waals surface area contributed by atoms with Gasteiger partial charge < -0.3 is 15.4 Å². The summed E-state index contributed by atoms with van der Waals surface area (Å²) in [5.74, 6) is 0.169. The molecule has 1 aliphatic heterocycles. The molecule has 0 aromatic heterocycles. The summed E-state index contributed by atoms with van der Waals surface area (Å²) >= 11 is 1.17. The zero-order valence-electron chi connectivity index (χ0n) is 14.6. The van der Waals surface area contributed by atoms with E-state index in [0.29, 0.717) is 16.6 Å². The van der Waals surface area contributed by atoms with Crippen LogP contribution in [0.25, 0.3) is 0 Å². The molecular formula is C19H18N4O3S. The number of benzene rings is 2. The first kappa shape index (κ1) is 18.7.